The molecule has 2 atom stereocenters. The van der Waals surface area contributed by atoms with Crippen LogP contribution in [-0.2, 0) is 20.8 Å². The summed E-state index contributed by atoms with van der Waals surface area (Å²) in [6.45, 7) is 0. The van der Waals surface area contributed by atoms with Gasteiger partial charge < -0.3 is 10.4 Å². The zero-order valence-electron chi connectivity index (χ0n) is 14.3. The maximum absolute atomic E-state index is 12.4. The van der Waals surface area contributed by atoms with E-state index in [1.165, 1.54) is 0 Å². The number of hydrogen-bond donors (Lipinski definition) is 2. The van der Waals surface area contributed by atoms with Crippen LogP contribution >= 0.6 is 11.8 Å². The second kappa shape index (κ2) is 7.70. The van der Waals surface area contributed by atoms with E-state index >= 15 is 0 Å². The highest BCUT2D eigenvalue weighted by atomic mass is 32.2. The standard InChI is InChI=1S/C18H15F3N2O4S/c19-18(20,21)7-6-11-9-28-16-13(15(25)23(16)14(11)17(26)27)22-12(24)8-10-4-2-1-3-5-10/h1-7,13,16H,8-9H2,(H,22,24)(H,26,27)/t13?,16-/m0/s1. The number of thioether (sulfide) groups is 1. The first kappa shape index (κ1) is 20.0. The van der Waals surface area contributed by atoms with Gasteiger partial charge in [0, 0.05) is 11.8 Å². The fourth-order valence-corrected chi connectivity index (χ4v) is 4.29. The van der Waals surface area contributed by atoms with Crippen LogP contribution in [0, 0.1) is 0 Å². The molecule has 28 heavy (non-hydrogen) atoms. The minimum atomic E-state index is -4.59. The molecule has 10 heteroatoms. The summed E-state index contributed by atoms with van der Waals surface area (Å²) in [4.78, 5) is 37.0. The van der Waals surface area contributed by atoms with Gasteiger partial charge in [0.25, 0.3) is 5.91 Å². The van der Waals surface area contributed by atoms with Crippen molar-refractivity contribution in [1.82, 2.24) is 10.2 Å². The van der Waals surface area contributed by atoms with Crippen molar-refractivity contribution in [2.45, 2.75) is 24.0 Å². The summed E-state index contributed by atoms with van der Waals surface area (Å²) in [6.07, 6.45) is -3.93. The van der Waals surface area contributed by atoms with Gasteiger partial charge in [0.15, 0.2) is 0 Å². The van der Waals surface area contributed by atoms with Crippen LogP contribution < -0.4 is 5.32 Å². The zero-order valence-corrected chi connectivity index (χ0v) is 15.1. The number of carboxylic acid groups (broad SMARTS) is 1. The molecule has 148 valence electrons. The van der Waals surface area contributed by atoms with Gasteiger partial charge in [-0.2, -0.15) is 13.2 Å². The van der Waals surface area contributed by atoms with Gasteiger partial charge in [0.1, 0.15) is 17.1 Å². The van der Waals surface area contributed by atoms with Crippen molar-refractivity contribution in [2.75, 3.05) is 5.75 Å². The highest BCUT2D eigenvalue weighted by molar-refractivity contribution is 8.00. The summed E-state index contributed by atoms with van der Waals surface area (Å²) in [7, 11) is 0. The molecule has 2 aliphatic heterocycles. The van der Waals surface area contributed by atoms with Gasteiger partial charge in [-0.3, -0.25) is 14.5 Å². The molecule has 3 rings (SSSR count). The number of nitrogens with one attached hydrogen (secondary N) is 1. The molecule has 0 bridgehead atoms. The summed E-state index contributed by atoms with van der Waals surface area (Å²) < 4.78 is 37.2. The Morgan fingerprint density at radius 2 is 1.96 bits per heavy atom. The van der Waals surface area contributed by atoms with Crippen molar-refractivity contribution < 1.29 is 32.7 Å². The number of nitrogens with zero attached hydrogens (tertiary/aromatic N) is 1. The van der Waals surface area contributed by atoms with Crippen LogP contribution in [0.15, 0.2) is 53.8 Å². The van der Waals surface area contributed by atoms with Gasteiger partial charge in [-0.25, -0.2) is 4.79 Å². The maximum atomic E-state index is 12.4. The van der Waals surface area contributed by atoms with E-state index in [1.54, 1.807) is 30.3 Å². The van der Waals surface area contributed by atoms with E-state index in [4.69, 9.17) is 0 Å². The number of rotatable bonds is 5. The summed E-state index contributed by atoms with van der Waals surface area (Å²) in [6, 6.07) is 7.95. The SMILES string of the molecule is O=C(Cc1ccccc1)NC1C(=O)N2C(C(=O)O)=C(C=CC(F)(F)F)CS[C@@H]12. The molecule has 0 spiro atoms. The molecule has 1 saturated heterocycles. The first-order chi connectivity index (χ1) is 13.2. The Morgan fingerprint density at radius 3 is 2.57 bits per heavy atom. The molecule has 0 radical (unpaired) electrons. The van der Waals surface area contributed by atoms with E-state index in [2.05, 4.69) is 5.32 Å². The summed E-state index contributed by atoms with van der Waals surface area (Å²) >= 11 is 1.10. The third kappa shape index (κ3) is 4.22. The third-order valence-electron chi connectivity index (χ3n) is 4.20. The second-order valence-corrected chi connectivity index (χ2v) is 7.28. The Bertz CT molecular complexity index is 867. The topological polar surface area (TPSA) is 86.7 Å². The molecule has 2 heterocycles. The van der Waals surface area contributed by atoms with Crippen molar-refractivity contribution in [3.8, 4) is 0 Å². The van der Waals surface area contributed by atoms with Crippen LogP contribution in [0.4, 0.5) is 13.2 Å². The predicted octanol–water partition coefficient (Wildman–Crippen LogP) is 2.09. The van der Waals surface area contributed by atoms with Gasteiger partial charge in [-0.05, 0) is 11.1 Å². The van der Waals surface area contributed by atoms with Gasteiger partial charge >= 0.3 is 12.1 Å². The van der Waals surface area contributed by atoms with Crippen LogP contribution in [0.2, 0.25) is 0 Å². The van der Waals surface area contributed by atoms with Crippen LogP contribution in [0.3, 0.4) is 0 Å². The van der Waals surface area contributed by atoms with Gasteiger partial charge in [-0.1, -0.05) is 36.4 Å². The minimum Gasteiger partial charge on any atom is -0.477 e. The number of β-lactam (4-membered cyclic amide) rings is 1. The molecule has 2 amide bonds. The average molecular weight is 412 g/mol. The lowest BCUT2D eigenvalue weighted by Gasteiger charge is -2.49. The van der Waals surface area contributed by atoms with E-state index in [9.17, 15) is 32.7 Å². The number of allylic oxidation sites excluding steroid dienone is 2. The van der Waals surface area contributed by atoms with E-state index in [0.29, 0.717) is 6.08 Å². The fourth-order valence-electron chi connectivity index (χ4n) is 2.97. The van der Waals surface area contributed by atoms with E-state index in [1.807, 2.05) is 0 Å². The number of benzene rings is 1. The normalized spacial score (nSPS) is 22.1. The summed E-state index contributed by atoms with van der Waals surface area (Å²) in [5, 5.41) is 11.3. The number of carbonyl (C=O) groups is 3. The predicted molar refractivity (Wildman–Crippen MR) is 95.0 cm³/mol. The Labute approximate surface area is 162 Å². The molecular formula is C18H15F3N2O4S. The summed E-state index contributed by atoms with van der Waals surface area (Å²) in [5.41, 5.74) is 0.168. The third-order valence-corrected chi connectivity index (χ3v) is 5.50. The molecular weight excluding hydrogens is 397 g/mol. The molecule has 6 nitrogen and oxygen atoms in total. The van der Waals surface area contributed by atoms with Crippen molar-refractivity contribution in [1.29, 1.82) is 0 Å². The van der Waals surface area contributed by atoms with Crippen LogP contribution in [0.25, 0.3) is 0 Å². The quantitative estimate of drug-likeness (QED) is 0.724. The first-order valence-corrected chi connectivity index (χ1v) is 9.22. The smallest absolute Gasteiger partial charge is 0.409 e. The van der Waals surface area contributed by atoms with E-state index < -0.39 is 41.1 Å². The number of amides is 2. The summed E-state index contributed by atoms with van der Waals surface area (Å²) in [5.74, 6) is -2.56. The molecule has 1 aromatic carbocycles. The molecule has 0 aromatic heterocycles. The van der Waals surface area contributed by atoms with Crippen molar-refractivity contribution in [3.63, 3.8) is 0 Å². The highest BCUT2D eigenvalue weighted by Gasteiger charge is 2.54. The van der Waals surface area contributed by atoms with E-state index in [0.717, 1.165) is 22.2 Å². The van der Waals surface area contributed by atoms with Crippen LogP contribution in [-0.4, -0.2) is 51.1 Å². The number of hydrogen-bond acceptors (Lipinski definition) is 4. The number of aliphatic carboxylic acids is 1. The molecule has 2 N–H and O–H groups in total. The lowest BCUT2D eigenvalue weighted by atomic mass is 10.0. The van der Waals surface area contributed by atoms with Crippen molar-refractivity contribution >= 4 is 29.5 Å². The number of alkyl halides is 3. The first-order valence-electron chi connectivity index (χ1n) is 8.18. The van der Waals surface area contributed by atoms with Gasteiger partial charge in [0.05, 0.1) is 6.42 Å². The fraction of sp³-hybridized carbons (Fsp3) is 0.278. The average Bonchev–Trinajstić information content (AvgIpc) is 2.63. The van der Waals surface area contributed by atoms with Crippen molar-refractivity contribution in [3.05, 3.63) is 59.3 Å². The largest absolute Gasteiger partial charge is 0.477 e. The molecule has 1 aromatic rings. The monoisotopic (exact) mass is 412 g/mol. The highest BCUT2D eigenvalue weighted by Crippen LogP contribution is 2.41. The minimum absolute atomic E-state index is 0.0201. The van der Waals surface area contributed by atoms with Gasteiger partial charge in [-0.15, -0.1) is 11.8 Å². The molecule has 2 aliphatic rings. The molecule has 1 fully saturated rings. The number of halogens is 3. The number of carbonyl (C=O) groups excluding carboxylic acids is 2. The molecule has 0 aliphatic carbocycles. The maximum Gasteiger partial charge on any atom is 0.409 e. The molecule has 1 unspecified atom stereocenters. The lowest BCUT2D eigenvalue weighted by molar-refractivity contribution is -0.150. The Balaban J connectivity index is 1.73. The van der Waals surface area contributed by atoms with Crippen LogP contribution in [0.5, 0.6) is 0 Å². The zero-order chi connectivity index (χ0) is 20.5. The molecule has 0 saturated carbocycles. The van der Waals surface area contributed by atoms with Crippen molar-refractivity contribution in [2.24, 2.45) is 0 Å². The lowest BCUT2D eigenvalue weighted by Crippen LogP contribution is -2.70. The Morgan fingerprint density at radius 1 is 1.29 bits per heavy atom. The Kier molecular flexibility index (Phi) is 5.50. The number of carboxylic acids is 1. The second-order valence-electron chi connectivity index (χ2n) is 6.17. The van der Waals surface area contributed by atoms with E-state index in [-0.39, 0.29) is 23.8 Å². The van der Waals surface area contributed by atoms with Gasteiger partial charge in [0.2, 0.25) is 5.91 Å². The number of fused-ring (bicyclic) bond motifs is 1. The Hall–Kier alpha value is -2.75. The van der Waals surface area contributed by atoms with Crippen LogP contribution in [0.1, 0.15) is 5.56 Å².